The van der Waals surface area contributed by atoms with Crippen molar-refractivity contribution in [3.8, 4) is 11.1 Å². The molecule has 0 saturated carbocycles. The van der Waals surface area contributed by atoms with Gasteiger partial charge in [-0.05, 0) is 43.5 Å². The summed E-state index contributed by atoms with van der Waals surface area (Å²) in [6.07, 6.45) is 0. The molecule has 2 N–H and O–H groups in total. The molecule has 0 aliphatic carbocycles. The SMILES string of the molecule is Cc1cc(C)cc(-c2cccc(N)c2C)c1. The van der Waals surface area contributed by atoms with Crippen LogP contribution in [0.25, 0.3) is 11.1 Å². The van der Waals surface area contributed by atoms with Crippen LogP contribution < -0.4 is 5.73 Å². The van der Waals surface area contributed by atoms with Gasteiger partial charge in [0.05, 0.1) is 0 Å². The van der Waals surface area contributed by atoms with Crippen LogP contribution in [-0.4, -0.2) is 0 Å². The molecular weight excluding hydrogens is 194 g/mol. The molecule has 0 heterocycles. The highest BCUT2D eigenvalue weighted by Crippen LogP contribution is 2.28. The van der Waals surface area contributed by atoms with Crippen LogP contribution >= 0.6 is 0 Å². The maximum atomic E-state index is 5.93. The molecule has 0 saturated heterocycles. The normalized spacial score (nSPS) is 10.4. The molecule has 2 aromatic carbocycles. The molecule has 0 radical (unpaired) electrons. The number of nitrogens with two attached hydrogens (primary N) is 1. The molecule has 1 heteroatoms. The number of hydrogen-bond donors (Lipinski definition) is 1. The molecule has 2 aromatic rings. The second-order valence-corrected chi connectivity index (χ2v) is 4.40. The summed E-state index contributed by atoms with van der Waals surface area (Å²) in [5, 5.41) is 0. The highest BCUT2D eigenvalue weighted by molar-refractivity contribution is 5.73. The van der Waals surface area contributed by atoms with Crippen molar-refractivity contribution in [1.82, 2.24) is 0 Å². The Hall–Kier alpha value is -1.76. The third-order valence-electron chi connectivity index (χ3n) is 2.91. The lowest BCUT2D eigenvalue weighted by atomic mass is 9.96. The minimum atomic E-state index is 0.858. The minimum Gasteiger partial charge on any atom is -0.398 e. The molecule has 0 fully saturated rings. The van der Waals surface area contributed by atoms with Crippen molar-refractivity contribution < 1.29 is 0 Å². The third-order valence-corrected chi connectivity index (χ3v) is 2.91. The summed E-state index contributed by atoms with van der Waals surface area (Å²) in [7, 11) is 0. The van der Waals surface area contributed by atoms with Gasteiger partial charge in [-0.15, -0.1) is 0 Å². The van der Waals surface area contributed by atoms with Gasteiger partial charge in [-0.25, -0.2) is 0 Å². The standard InChI is InChI=1S/C15H17N/c1-10-7-11(2)9-13(8-10)14-5-4-6-15(16)12(14)3/h4-9H,16H2,1-3H3. The minimum absolute atomic E-state index is 0.858. The van der Waals surface area contributed by atoms with Crippen molar-refractivity contribution in [2.75, 3.05) is 5.73 Å². The van der Waals surface area contributed by atoms with Crippen LogP contribution in [0.3, 0.4) is 0 Å². The summed E-state index contributed by atoms with van der Waals surface area (Å²) >= 11 is 0. The summed E-state index contributed by atoms with van der Waals surface area (Å²) in [6.45, 7) is 6.32. The van der Waals surface area contributed by atoms with Gasteiger partial charge in [0.15, 0.2) is 0 Å². The van der Waals surface area contributed by atoms with E-state index in [0.717, 1.165) is 11.3 Å². The Morgan fingerprint density at radius 2 is 1.50 bits per heavy atom. The van der Waals surface area contributed by atoms with E-state index in [0.29, 0.717) is 0 Å². The van der Waals surface area contributed by atoms with Gasteiger partial charge >= 0.3 is 0 Å². The Balaban J connectivity index is 2.63. The van der Waals surface area contributed by atoms with Crippen molar-refractivity contribution in [3.05, 3.63) is 53.1 Å². The first-order chi connectivity index (χ1) is 7.58. The molecule has 2 rings (SSSR count). The third kappa shape index (κ3) is 1.94. The predicted molar refractivity (Wildman–Crippen MR) is 70.5 cm³/mol. The number of benzene rings is 2. The van der Waals surface area contributed by atoms with E-state index in [2.05, 4.69) is 45.0 Å². The van der Waals surface area contributed by atoms with Crippen molar-refractivity contribution in [1.29, 1.82) is 0 Å². The van der Waals surface area contributed by atoms with E-state index in [4.69, 9.17) is 5.73 Å². The highest BCUT2D eigenvalue weighted by atomic mass is 14.6. The molecule has 16 heavy (non-hydrogen) atoms. The zero-order chi connectivity index (χ0) is 11.7. The Morgan fingerprint density at radius 3 is 2.12 bits per heavy atom. The van der Waals surface area contributed by atoms with Gasteiger partial charge in [0, 0.05) is 5.69 Å². The summed E-state index contributed by atoms with van der Waals surface area (Å²) < 4.78 is 0. The monoisotopic (exact) mass is 211 g/mol. The summed E-state index contributed by atoms with van der Waals surface area (Å²) in [5.74, 6) is 0. The van der Waals surface area contributed by atoms with Crippen LogP contribution in [0.4, 0.5) is 5.69 Å². The van der Waals surface area contributed by atoms with E-state index in [1.807, 2.05) is 12.1 Å². The van der Waals surface area contributed by atoms with Gasteiger partial charge in [0.25, 0.3) is 0 Å². The van der Waals surface area contributed by atoms with Gasteiger partial charge in [-0.2, -0.15) is 0 Å². The molecule has 1 nitrogen and oxygen atoms in total. The molecule has 0 amide bonds. The van der Waals surface area contributed by atoms with E-state index in [1.165, 1.54) is 22.3 Å². The van der Waals surface area contributed by atoms with Crippen molar-refractivity contribution in [2.24, 2.45) is 0 Å². The van der Waals surface area contributed by atoms with E-state index in [-0.39, 0.29) is 0 Å². The molecule has 0 atom stereocenters. The number of aryl methyl sites for hydroxylation is 2. The smallest absolute Gasteiger partial charge is 0.0349 e. The second-order valence-electron chi connectivity index (χ2n) is 4.40. The van der Waals surface area contributed by atoms with Crippen LogP contribution in [0.5, 0.6) is 0 Å². The van der Waals surface area contributed by atoms with Crippen molar-refractivity contribution in [3.63, 3.8) is 0 Å². The van der Waals surface area contributed by atoms with E-state index in [1.54, 1.807) is 0 Å². The molecule has 0 spiro atoms. The first-order valence-electron chi connectivity index (χ1n) is 5.51. The Morgan fingerprint density at radius 1 is 0.875 bits per heavy atom. The van der Waals surface area contributed by atoms with Gasteiger partial charge in [0.2, 0.25) is 0 Å². The fourth-order valence-corrected chi connectivity index (χ4v) is 2.10. The fourth-order valence-electron chi connectivity index (χ4n) is 2.10. The lowest BCUT2D eigenvalue weighted by Gasteiger charge is -2.10. The molecule has 0 aliphatic rings. The summed E-state index contributed by atoms with van der Waals surface area (Å²) in [6, 6.07) is 12.7. The van der Waals surface area contributed by atoms with Gasteiger partial charge in [0.1, 0.15) is 0 Å². The number of nitrogen functional groups attached to an aromatic ring is 1. The predicted octanol–water partition coefficient (Wildman–Crippen LogP) is 3.86. The van der Waals surface area contributed by atoms with Crippen LogP contribution in [0.15, 0.2) is 36.4 Å². The molecule has 82 valence electrons. The number of anilines is 1. The average Bonchev–Trinajstić information content (AvgIpc) is 2.20. The summed E-state index contributed by atoms with van der Waals surface area (Å²) in [4.78, 5) is 0. The largest absolute Gasteiger partial charge is 0.398 e. The fraction of sp³-hybridized carbons (Fsp3) is 0.200. The highest BCUT2D eigenvalue weighted by Gasteiger charge is 2.04. The van der Waals surface area contributed by atoms with Gasteiger partial charge in [-0.3, -0.25) is 0 Å². The maximum absolute atomic E-state index is 5.93. The second kappa shape index (κ2) is 4.01. The summed E-state index contributed by atoms with van der Waals surface area (Å²) in [5.41, 5.74) is 13.0. The quantitative estimate of drug-likeness (QED) is 0.712. The van der Waals surface area contributed by atoms with E-state index < -0.39 is 0 Å². The molecule has 0 aliphatic heterocycles. The Kier molecular flexibility index (Phi) is 2.69. The molecule has 0 unspecified atom stereocenters. The molecular formula is C15H17N. The van der Waals surface area contributed by atoms with Crippen LogP contribution in [-0.2, 0) is 0 Å². The van der Waals surface area contributed by atoms with Crippen LogP contribution in [0.1, 0.15) is 16.7 Å². The van der Waals surface area contributed by atoms with Crippen molar-refractivity contribution >= 4 is 5.69 Å². The number of hydrogen-bond acceptors (Lipinski definition) is 1. The van der Waals surface area contributed by atoms with Gasteiger partial charge in [-0.1, -0.05) is 41.5 Å². The van der Waals surface area contributed by atoms with Crippen LogP contribution in [0, 0.1) is 20.8 Å². The zero-order valence-corrected chi connectivity index (χ0v) is 10.0. The lowest BCUT2D eigenvalue weighted by Crippen LogP contribution is -1.92. The lowest BCUT2D eigenvalue weighted by molar-refractivity contribution is 1.37. The van der Waals surface area contributed by atoms with E-state index in [9.17, 15) is 0 Å². The maximum Gasteiger partial charge on any atom is 0.0349 e. The molecule has 0 bridgehead atoms. The Bertz CT molecular complexity index is 507. The topological polar surface area (TPSA) is 26.0 Å². The average molecular weight is 211 g/mol. The number of rotatable bonds is 1. The van der Waals surface area contributed by atoms with Gasteiger partial charge < -0.3 is 5.73 Å². The van der Waals surface area contributed by atoms with Crippen molar-refractivity contribution in [2.45, 2.75) is 20.8 Å². The van der Waals surface area contributed by atoms with E-state index >= 15 is 0 Å². The zero-order valence-electron chi connectivity index (χ0n) is 10.0. The van der Waals surface area contributed by atoms with Crippen LogP contribution in [0.2, 0.25) is 0 Å². The first kappa shape index (κ1) is 10.7. The molecule has 0 aromatic heterocycles. The Labute approximate surface area is 96.9 Å². The first-order valence-corrected chi connectivity index (χ1v) is 5.51.